The summed E-state index contributed by atoms with van der Waals surface area (Å²) in [6.45, 7) is 18.8. The van der Waals surface area contributed by atoms with E-state index in [9.17, 15) is 19.8 Å². The molecule has 0 heterocycles. The molecule has 0 saturated carbocycles. The van der Waals surface area contributed by atoms with Crippen LogP contribution in [0.15, 0.2) is 25.3 Å². The van der Waals surface area contributed by atoms with Gasteiger partial charge in [0.15, 0.2) is 0 Å². The number of aliphatic carboxylic acids is 2. The Morgan fingerprint density at radius 3 is 1.00 bits per heavy atom. The third-order valence-electron chi connectivity index (χ3n) is 4.79. The van der Waals surface area contributed by atoms with Crippen LogP contribution in [-0.2, 0) is 9.59 Å². The maximum Gasteiger partial charge on any atom is 2.00 e. The molecule has 0 amide bonds. The molecule has 0 aliphatic carbocycles. The number of rotatable bonds is 20. The fourth-order valence-electron chi connectivity index (χ4n) is 2.53. The molecular formula is C30H56O4Sn. The largest absolute Gasteiger partial charge is 2.00 e. The van der Waals surface area contributed by atoms with Gasteiger partial charge < -0.3 is 19.8 Å². The van der Waals surface area contributed by atoms with Gasteiger partial charge in [-0.2, -0.15) is 0 Å². The first kappa shape index (κ1) is 44.2. The summed E-state index contributed by atoms with van der Waals surface area (Å²) in [6, 6.07) is 0. The zero-order valence-electron chi connectivity index (χ0n) is 23.3. The number of hydrogen-bond acceptors (Lipinski definition) is 4. The van der Waals surface area contributed by atoms with E-state index < -0.39 is 11.9 Å². The van der Waals surface area contributed by atoms with E-state index in [0.717, 1.165) is 64.2 Å². The molecule has 0 aliphatic heterocycles. The fraction of sp³-hybridized carbons (Fsp3) is 0.733. The normalized spacial score (nSPS) is 9.03. The SMILES string of the molecule is C=CCCCCCCCCC(=O)[O-].C=CCCCCCCCCC(=O)[O-].[CH2]CCC.[CH2]CCC.[Sn+2]. The minimum Gasteiger partial charge on any atom is -0.550 e. The van der Waals surface area contributed by atoms with Crippen molar-refractivity contribution in [1.29, 1.82) is 0 Å². The molecule has 5 heteroatoms. The van der Waals surface area contributed by atoms with Gasteiger partial charge in [-0.1, -0.05) is 117 Å². The number of carbonyl (C=O) groups excluding carboxylic acids is 2. The van der Waals surface area contributed by atoms with Crippen LogP contribution in [-0.4, -0.2) is 35.8 Å². The fourth-order valence-corrected chi connectivity index (χ4v) is 2.53. The summed E-state index contributed by atoms with van der Waals surface area (Å²) in [6.07, 6.45) is 24.2. The van der Waals surface area contributed by atoms with Crippen LogP contribution in [0, 0.1) is 13.8 Å². The molecule has 0 aromatic carbocycles. The van der Waals surface area contributed by atoms with Crippen LogP contribution in [0.2, 0.25) is 0 Å². The Bertz CT molecular complexity index is 369. The van der Waals surface area contributed by atoms with E-state index >= 15 is 0 Å². The van der Waals surface area contributed by atoms with Gasteiger partial charge in [-0.05, 0) is 51.4 Å². The van der Waals surface area contributed by atoms with Crippen molar-refractivity contribution in [3.63, 3.8) is 0 Å². The Morgan fingerprint density at radius 2 is 0.800 bits per heavy atom. The molecule has 0 spiro atoms. The van der Waals surface area contributed by atoms with Crippen molar-refractivity contribution >= 4 is 35.8 Å². The smallest absolute Gasteiger partial charge is 0.550 e. The van der Waals surface area contributed by atoms with Crippen LogP contribution in [0.4, 0.5) is 0 Å². The van der Waals surface area contributed by atoms with Gasteiger partial charge >= 0.3 is 23.9 Å². The average Bonchev–Trinajstić information content (AvgIpc) is 2.83. The summed E-state index contributed by atoms with van der Waals surface area (Å²) in [4.78, 5) is 20.1. The second-order valence-electron chi connectivity index (χ2n) is 8.35. The molecule has 0 saturated heterocycles. The third-order valence-corrected chi connectivity index (χ3v) is 4.79. The zero-order chi connectivity index (χ0) is 26.7. The Hall–Kier alpha value is -0.781. The molecule has 0 atom stereocenters. The van der Waals surface area contributed by atoms with Crippen molar-refractivity contribution in [2.45, 2.75) is 142 Å². The minimum atomic E-state index is -0.924. The first-order valence-corrected chi connectivity index (χ1v) is 13.6. The molecule has 204 valence electrons. The van der Waals surface area contributed by atoms with Gasteiger partial charge in [0.25, 0.3) is 0 Å². The molecule has 0 N–H and O–H groups in total. The number of allylic oxidation sites excluding steroid dienone is 2. The molecule has 0 aromatic heterocycles. The quantitative estimate of drug-likeness (QED) is 0.0863. The molecule has 0 aliphatic rings. The average molecular weight is 599 g/mol. The van der Waals surface area contributed by atoms with Crippen LogP contribution in [0.25, 0.3) is 0 Å². The van der Waals surface area contributed by atoms with E-state index in [1.165, 1.54) is 51.4 Å². The number of hydrogen-bond donors (Lipinski definition) is 0. The monoisotopic (exact) mass is 600 g/mol. The molecule has 0 rings (SSSR count). The van der Waals surface area contributed by atoms with Crippen LogP contribution in [0.1, 0.15) is 142 Å². The first-order valence-electron chi connectivity index (χ1n) is 13.6. The topological polar surface area (TPSA) is 80.3 Å². The van der Waals surface area contributed by atoms with Crippen molar-refractivity contribution < 1.29 is 19.8 Å². The van der Waals surface area contributed by atoms with Gasteiger partial charge in [0, 0.05) is 11.9 Å². The van der Waals surface area contributed by atoms with Gasteiger partial charge in [0.05, 0.1) is 0 Å². The number of carboxylic acid groups (broad SMARTS) is 2. The van der Waals surface area contributed by atoms with Gasteiger partial charge in [0.2, 0.25) is 0 Å². The Labute approximate surface area is 236 Å². The standard InChI is InChI=1S/2C11H20O2.2C4H9.Sn/c2*1-2-3-4-5-6-7-8-9-10-11(12)13;2*1-3-4-2;/h2*2H,1,3-10H2,(H,12,13);2*1,3-4H2,2H3;/q;;;;+2/p-2. The number of unbranched alkanes of at least 4 members (excludes halogenated alkanes) is 14. The Kier molecular flexibility index (Phi) is 58.8. The second kappa shape index (κ2) is 46.5. The van der Waals surface area contributed by atoms with E-state index in [0.29, 0.717) is 0 Å². The van der Waals surface area contributed by atoms with Gasteiger partial charge in [0.1, 0.15) is 0 Å². The number of carboxylic acids is 2. The summed E-state index contributed by atoms with van der Waals surface area (Å²) in [5.74, 6) is -1.85. The molecule has 35 heavy (non-hydrogen) atoms. The minimum absolute atomic E-state index is 0. The van der Waals surface area contributed by atoms with E-state index in [-0.39, 0.29) is 36.7 Å². The number of carbonyl (C=O) groups is 2. The molecule has 4 nitrogen and oxygen atoms in total. The van der Waals surface area contributed by atoms with Crippen LogP contribution >= 0.6 is 0 Å². The van der Waals surface area contributed by atoms with E-state index in [2.05, 4.69) is 40.9 Å². The molecule has 0 aromatic rings. The van der Waals surface area contributed by atoms with Crippen LogP contribution < -0.4 is 10.2 Å². The van der Waals surface area contributed by atoms with E-state index in [4.69, 9.17) is 0 Å². The predicted octanol–water partition coefficient (Wildman–Crippen LogP) is 6.95. The summed E-state index contributed by atoms with van der Waals surface area (Å²) >= 11 is 0. The summed E-state index contributed by atoms with van der Waals surface area (Å²) < 4.78 is 0. The summed E-state index contributed by atoms with van der Waals surface area (Å²) in [5.41, 5.74) is 0. The molecular weight excluding hydrogens is 543 g/mol. The predicted molar refractivity (Wildman–Crippen MR) is 151 cm³/mol. The van der Waals surface area contributed by atoms with Crippen molar-refractivity contribution in [2.75, 3.05) is 0 Å². The van der Waals surface area contributed by atoms with E-state index in [1.807, 2.05) is 12.2 Å². The van der Waals surface area contributed by atoms with Crippen molar-refractivity contribution in [3.8, 4) is 0 Å². The maximum atomic E-state index is 10.1. The first-order chi connectivity index (χ1) is 16.4. The van der Waals surface area contributed by atoms with Gasteiger partial charge in [-0.15, -0.1) is 13.2 Å². The third kappa shape index (κ3) is 71.9. The van der Waals surface area contributed by atoms with Gasteiger partial charge in [-0.25, -0.2) is 0 Å². The molecule has 4 radical (unpaired) electrons. The van der Waals surface area contributed by atoms with Crippen molar-refractivity contribution in [2.24, 2.45) is 0 Å². The Balaban J connectivity index is -0.000000128. The molecule has 0 bridgehead atoms. The van der Waals surface area contributed by atoms with Crippen molar-refractivity contribution in [1.82, 2.24) is 0 Å². The Morgan fingerprint density at radius 1 is 0.571 bits per heavy atom. The summed E-state index contributed by atoms with van der Waals surface area (Å²) in [5, 5.41) is 20.1. The van der Waals surface area contributed by atoms with Crippen LogP contribution in [0.3, 0.4) is 0 Å². The zero-order valence-corrected chi connectivity index (χ0v) is 26.1. The maximum absolute atomic E-state index is 10.1. The van der Waals surface area contributed by atoms with Crippen LogP contribution in [0.5, 0.6) is 0 Å². The van der Waals surface area contributed by atoms with Gasteiger partial charge in [-0.3, -0.25) is 0 Å². The van der Waals surface area contributed by atoms with Crippen molar-refractivity contribution in [3.05, 3.63) is 39.2 Å². The molecule has 0 fully saturated rings. The summed E-state index contributed by atoms with van der Waals surface area (Å²) in [7, 11) is 0. The molecule has 0 unspecified atom stereocenters. The van der Waals surface area contributed by atoms with E-state index in [1.54, 1.807) is 0 Å². The second-order valence-corrected chi connectivity index (χ2v) is 8.35.